The minimum Gasteiger partial charge on any atom is -0.493 e. The third kappa shape index (κ3) is 11.0. The van der Waals surface area contributed by atoms with Crippen molar-refractivity contribution in [1.29, 1.82) is 0 Å². The fraction of sp³-hybridized carbons (Fsp3) is 0.256. The summed E-state index contributed by atoms with van der Waals surface area (Å²) < 4.78 is 17.9. The molecule has 7 nitrogen and oxygen atoms in total. The van der Waals surface area contributed by atoms with Gasteiger partial charge in [-0.05, 0) is 90.6 Å². The topological polar surface area (TPSA) is 64.1 Å². The zero-order valence-corrected chi connectivity index (χ0v) is 32.5. The summed E-state index contributed by atoms with van der Waals surface area (Å²) in [5.41, 5.74) is 7.51. The van der Waals surface area contributed by atoms with Crippen molar-refractivity contribution in [3.05, 3.63) is 152 Å². The summed E-state index contributed by atoms with van der Waals surface area (Å²) in [6.07, 6.45) is 5.88. The Balaban J connectivity index is 0.00000541. The van der Waals surface area contributed by atoms with Crippen molar-refractivity contribution in [2.24, 2.45) is 0 Å². The number of halogens is 3. The van der Waals surface area contributed by atoms with Crippen molar-refractivity contribution in [1.82, 2.24) is 14.8 Å². The number of carbonyl (C=O) groups excluding carboxylic acids is 1. The Hall–Kier alpha value is -4.53. The van der Waals surface area contributed by atoms with Crippen LogP contribution in [-0.4, -0.2) is 53.5 Å². The molecule has 2 heterocycles. The molecule has 0 saturated carbocycles. The Labute approximate surface area is 328 Å². The first-order valence-electron chi connectivity index (χ1n) is 17.5. The average Bonchev–Trinajstić information content (AvgIpc) is 3.15. The molecule has 0 bridgehead atoms. The highest BCUT2D eigenvalue weighted by Crippen LogP contribution is 2.34. The van der Waals surface area contributed by atoms with Crippen molar-refractivity contribution < 1.29 is 19.0 Å². The lowest BCUT2D eigenvalue weighted by Gasteiger charge is -2.34. The summed E-state index contributed by atoms with van der Waals surface area (Å²) in [5.74, 6) is 2.44. The largest absolute Gasteiger partial charge is 0.493 e. The average molecular weight is 773 g/mol. The summed E-state index contributed by atoms with van der Waals surface area (Å²) >= 11 is 12.8. The predicted octanol–water partition coefficient (Wildman–Crippen LogP) is 10.1. The van der Waals surface area contributed by atoms with Gasteiger partial charge in [0, 0.05) is 61.9 Å². The lowest BCUT2D eigenvalue weighted by Crippen LogP contribution is -2.47. The van der Waals surface area contributed by atoms with Gasteiger partial charge in [0.2, 0.25) is 11.8 Å². The molecule has 1 aliphatic rings. The van der Waals surface area contributed by atoms with Crippen LogP contribution in [0, 0.1) is 20.8 Å². The maximum atomic E-state index is 13.1. The van der Waals surface area contributed by atoms with Gasteiger partial charge in [-0.25, -0.2) is 4.98 Å². The van der Waals surface area contributed by atoms with E-state index in [9.17, 15) is 4.79 Å². The molecule has 0 N–H and O–H groups in total. The number of hydrogen-bond donors (Lipinski definition) is 0. The number of pyridine rings is 1. The Morgan fingerprint density at radius 1 is 0.811 bits per heavy atom. The van der Waals surface area contributed by atoms with Gasteiger partial charge in [0.15, 0.2) is 5.75 Å². The highest BCUT2D eigenvalue weighted by Gasteiger charge is 2.20. The van der Waals surface area contributed by atoms with E-state index in [0.717, 1.165) is 48.5 Å². The Bertz CT molecular complexity index is 1990. The van der Waals surface area contributed by atoms with Crippen LogP contribution in [0.15, 0.2) is 103 Å². The lowest BCUT2D eigenvalue weighted by molar-refractivity contribution is -0.127. The molecule has 5 aromatic rings. The minimum atomic E-state index is -0.0118. The third-order valence-electron chi connectivity index (χ3n) is 9.25. The van der Waals surface area contributed by atoms with E-state index in [1.807, 2.05) is 54.3 Å². The summed E-state index contributed by atoms with van der Waals surface area (Å²) in [4.78, 5) is 21.7. The molecule has 0 atom stereocenters. The fourth-order valence-electron chi connectivity index (χ4n) is 6.00. The number of benzene rings is 4. The third-order valence-corrected chi connectivity index (χ3v) is 9.90. The normalized spacial score (nSPS) is 13.1. The number of rotatable bonds is 13. The van der Waals surface area contributed by atoms with Crippen LogP contribution in [0.2, 0.25) is 10.0 Å². The monoisotopic (exact) mass is 771 g/mol. The number of nitrogens with zero attached hydrogens (tertiary/aromatic N) is 3. The highest BCUT2D eigenvalue weighted by molar-refractivity contribution is 6.32. The predicted molar refractivity (Wildman–Crippen MR) is 216 cm³/mol. The molecule has 4 aromatic carbocycles. The van der Waals surface area contributed by atoms with Crippen molar-refractivity contribution >= 4 is 47.6 Å². The standard InChI is InChI=1S/C43H43Cl2N3O4.ClH/c1-30-7-6-10-40(32(30)3)50-24-19-33-11-13-34(14-12-33)28-47-20-22-48(23-21-47)42(49)18-15-35-25-31(2)43(39(45)26-35)52-41-17-16-37(27-46-41)51-29-36-8-4-5-9-38(36)44;/h4-18,25-27H,19-24,28-29H2,1-3H3;1H/b18-15+;. The van der Waals surface area contributed by atoms with E-state index >= 15 is 0 Å². The molecule has 0 radical (unpaired) electrons. The molecule has 1 saturated heterocycles. The molecule has 0 unspecified atom stereocenters. The summed E-state index contributed by atoms with van der Waals surface area (Å²) in [5, 5.41) is 1.09. The van der Waals surface area contributed by atoms with Crippen LogP contribution < -0.4 is 14.2 Å². The van der Waals surface area contributed by atoms with Crippen molar-refractivity contribution in [2.45, 2.75) is 40.3 Å². The lowest BCUT2D eigenvalue weighted by atomic mass is 10.1. The second-order valence-electron chi connectivity index (χ2n) is 13.0. The molecular formula is C43H44Cl3N3O4. The fourth-order valence-corrected chi connectivity index (χ4v) is 6.51. The van der Waals surface area contributed by atoms with Gasteiger partial charge < -0.3 is 19.1 Å². The molecule has 1 aliphatic heterocycles. The van der Waals surface area contributed by atoms with E-state index in [1.165, 1.54) is 22.3 Å². The molecule has 0 aliphatic carbocycles. The Morgan fingerprint density at radius 2 is 1.57 bits per heavy atom. The van der Waals surface area contributed by atoms with E-state index in [2.05, 4.69) is 54.1 Å². The molecule has 276 valence electrons. The minimum absolute atomic E-state index is 0. The van der Waals surface area contributed by atoms with Gasteiger partial charge in [-0.15, -0.1) is 12.4 Å². The van der Waals surface area contributed by atoms with Crippen LogP contribution in [-0.2, 0) is 24.4 Å². The number of aryl methyl sites for hydroxylation is 2. The number of aromatic nitrogens is 1. The van der Waals surface area contributed by atoms with Gasteiger partial charge in [-0.2, -0.15) is 0 Å². The van der Waals surface area contributed by atoms with Crippen molar-refractivity contribution in [3.8, 4) is 23.1 Å². The molecule has 6 rings (SSSR count). The molecule has 0 spiro atoms. The smallest absolute Gasteiger partial charge is 0.246 e. The van der Waals surface area contributed by atoms with E-state index in [4.69, 9.17) is 37.4 Å². The molecule has 53 heavy (non-hydrogen) atoms. The van der Waals surface area contributed by atoms with Gasteiger partial charge in [0.1, 0.15) is 18.1 Å². The number of hydrogen-bond acceptors (Lipinski definition) is 6. The first-order chi connectivity index (χ1) is 25.2. The van der Waals surface area contributed by atoms with E-state index < -0.39 is 0 Å². The van der Waals surface area contributed by atoms with Crippen LogP contribution in [0.3, 0.4) is 0 Å². The first-order valence-corrected chi connectivity index (χ1v) is 18.2. The van der Waals surface area contributed by atoms with Crippen LogP contribution in [0.5, 0.6) is 23.1 Å². The number of ether oxygens (including phenoxy) is 3. The van der Waals surface area contributed by atoms with Crippen LogP contribution in [0.4, 0.5) is 0 Å². The first kappa shape index (κ1) is 39.7. The van der Waals surface area contributed by atoms with E-state index in [0.29, 0.717) is 53.7 Å². The number of piperazine rings is 1. The van der Waals surface area contributed by atoms with Gasteiger partial charge in [-0.3, -0.25) is 9.69 Å². The van der Waals surface area contributed by atoms with Crippen LogP contribution in [0.25, 0.3) is 6.08 Å². The van der Waals surface area contributed by atoms with Gasteiger partial charge in [0.25, 0.3) is 0 Å². The molecule has 1 aromatic heterocycles. The summed E-state index contributed by atoms with van der Waals surface area (Å²) in [7, 11) is 0. The van der Waals surface area contributed by atoms with Gasteiger partial charge in [0.05, 0.1) is 17.8 Å². The Kier molecular flexibility index (Phi) is 14.2. The number of amides is 1. The Morgan fingerprint density at radius 3 is 2.28 bits per heavy atom. The maximum absolute atomic E-state index is 13.1. The second kappa shape index (κ2) is 19.0. The zero-order chi connectivity index (χ0) is 36.5. The SMILES string of the molecule is Cc1cccc(OCCc2ccc(CN3CCN(C(=O)/C=C/c4cc(C)c(Oc5ccc(OCc6ccccc6Cl)cn5)c(Cl)c4)CC3)cc2)c1C.Cl. The van der Waals surface area contributed by atoms with E-state index in [1.54, 1.807) is 36.5 Å². The molecule has 10 heteroatoms. The summed E-state index contributed by atoms with van der Waals surface area (Å²) in [6.45, 7) is 11.0. The summed E-state index contributed by atoms with van der Waals surface area (Å²) in [6, 6.07) is 29.7. The zero-order valence-electron chi connectivity index (χ0n) is 30.2. The second-order valence-corrected chi connectivity index (χ2v) is 13.8. The van der Waals surface area contributed by atoms with Crippen molar-refractivity contribution in [3.63, 3.8) is 0 Å². The van der Waals surface area contributed by atoms with E-state index in [-0.39, 0.29) is 18.3 Å². The molecule has 1 fully saturated rings. The quantitative estimate of drug-likeness (QED) is 0.111. The maximum Gasteiger partial charge on any atom is 0.246 e. The number of carbonyl (C=O) groups is 1. The van der Waals surface area contributed by atoms with Gasteiger partial charge >= 0.3 is 0 Å². The van der Waals surface area contributed by atoms with Crippen molar-refractivity contribution in [2.75, 3.05) is 32.8 Å². The van der Waals surface area contributed by atoms with Crippen LogP contribution in [0.1, 0.15) is 38.9 Å². The highest BCUT2D eigenvalue weighted by atomic mass is 35.5. The van der Waals surface area contributed by atoms with Crippen LogP contribution >= 0.6 is 35.6 Å². The molecular weight excluding hydrogens is 729 g/mol. The van der Waals surface area contributed by atoms with Gasteiger partial charge in [-0.1, -0.05) is 77.8 Å². The molecule has 1 amide bonds.